The van der Waals surface area contributed by atoms with Crippen LogP contribution in [0.2, 0.25) is 0 Å². The average molecular weight is 301 g/mol. The maximum Gasteiger partial charge on any atom is 0.158 e. The van der Waals surface area contributed by atoms with Crippen molar-refractivity contribution in [3.05, 3.63) is 53.8 Å². The first-order valence-electron chi connectivity index (χ1n) is 6.80. The van der Waals surface area contributed by atoms with Crippen LogP contribution in [0, 0.1) is 5.82 Å². The number of nitrogens with one attached hydrogen (secondary N) is 1. The molecule has 0 bridgehead atoms. The second-order valence-electron chi connectivity index (χ2n) is 5.57. The van der Waals surface area contributed by atoms with Gasteiger partial charge in [0.2, 0.25) is 0 Å². The average Bonchev–Trinajstić information content (AvgIpc) is 2.47. The molecule has 0 saturated heterocycles. The van der Waals surface area contributed by atoms with Crippen molar-refractivity contribution in [3.8, 4) is 11.1 Å². The highest BCUT2D eigenvalue weighted by atomic mass is 32.1. The standard InChI is InChI=1S/C17H16FNOS/c1-17(2)13-9-11(12-5-3-4-6-14(12)18)7-8-15(13)19-16(10-21)20-17/h3-10,16,19H,1-2H3. The van der Waals surface area contributed by atoms with Gasteiger partial charge in [-0.15, -0.1) is 0 Å². The molecule has 21 heavy (non-hydrogen) atoms. The molecule has 1 aliphatic heterocycles. The summed E-state index contributed by atoms with van der Waals surface area (Å²) in [6.45, 7) is 3.98. The number of fused-ring (bicyclic) bond motifs is 1. The molecular weight excluding hydrogens is 285 g/mol. The Morgan fingerprint density at radius 2 is 2.00 bits per heavy atom. The molecule has 1 aliphatic rings. The van der Waals surface area contributed by atoms with Gasteiger partial charge in [-0.1, -0.05) is 36.5 Å². The van der Waals surface area contributed by atoms with E-state index in [0.717, 1.165) is 16.8 Å². The fourth-order valence-electron chi connectivity index (χ4n) is 2.66. The second kappa shape index (κ2) is 5.20. The van der Waals surface area contributed by atoms with E-state index in [1.165, 1.54) is 6.07 Å². The maximum absolute atomic E-state index is 14.0. The summed E-state index contributed by atoms with van der Waals surface area (Å²) >= 11 is 4.96. The van der Waals surface area contributed by atoms with Crippen molar-refractivity contribution in [2.45, 2.75) is 25.7 Å². The van der Waals surface area contributed by atoms with Gasteiger partial charge in [0.25, 0.3) is 0 Å². The quantitative estimate of drug-likeness (QED) is 0.825. The Labute approximate surface area is 128 Å². The van der Waals surface area contributed by atoms with Crippen LogP contribution in [0.3, 0.4) is 0 Å². The summed E-state index contributed by atoms with van der Waals surface area (Å²) in [7, 11) is 0. The molecule has 108 valence electrons. The molecular formula is C17H16FNOS. The zero-order valence-corrected chi connectivity index (χ0v) is 12.7. The lowest BCUT2D eigenvalue weighted by Gasteiger charge is -2.37. The van der Waals surface area contributed by atoms with Gasteiger partial charge in [-0.3, -0.25) is 0 Å². The van der Waals surface area contributed by atoms with Crippen LogP contribution in [-0.4, -0.2) is 11.6 Å². The van der Waals surface area contributed by atoms with Crippen LogP contribution in [0.5, 0.6) is 0 Å². The molecule has 2 aromatic rings. The summed E-state index contributed by atoms with van der Waals surface area (Å²) in [5.74, 6) is -0.225. The number of benzene rings is 2. The number of hydrogen-bond donors (Lipinski definition) is 1. The molecule has 3 rings (SSSR count). The number of thiocarbonyl (C=S) groups is 1. The molecule has 2 aromatic carbocycles. The van der Waals surface area contributed by atoms with Gasteiger partial charge < -0.3 is 10.1 Å². The van der Waals surface area contributed by atoms with Crippen molar-refractivity contribution in [1.82, 2.24) is 0 Å². The van der Waals surface area contributed by atoms with Crippen LogP contribution >= 0.6 is 12.2 Å². The third kappa shape index (κ3) is 2.57. The largest absolute Gasteiger partial charge is 0.356 e. The van der Waals surface area contributed by atoms with Gasteiger partial charge in [0.15, 0.2) is 6.23 Å². The molecule has 0 radical (unpaired) electrons. The molecule has 4 heteroatoms. The molecule has 0 saturated carbocycles. The topological polar surface area (TPSA) is 21.3 Å². The minimum absolute atomic E-state index is 0.225. The Morgan fingerprint density at radius 1 is 1.24 bits per heavy atom. The van der Waals surface area contributed by atoms with E-state index in [1.54, 1.807) is 17.5 Å². The normalized spacial score (nSPS) is 19.5. The van der Waals surface area contributed by atoms with E-state index in [0.29, 0.717) is 5.56 Å². The molecule has 1 heterocycles. The summed E-state index contributed by atoms with van der Waals surface area (Å²) in [6, 6.07) is 12.6. The summed E-state index contributed by atoms with van der Waals surface area (Å²) < 4.78 is 19.9. The monoisotopic (exact) mass is 301 g/mol. The lowest BCUT2D eigenvalue weighted by Crippen LogP contribution is -2.39. The molecule has 0 aromatic heterocycles. The van der Waals surface area contributed by atoms with Crippen LogP contribution < -0.4 is 5.32 Å². The van der Waals surface area contributed by atoms with Crippen molar-refractivity contribution >= 4 is 23.3 Å². The lowest BCUT2D eigenvalue weighted by molar-refractivity contribution is -0.0406. The molecule has 0 aliphatic carbocycles. The minimum atomic E-state index is -0.484. The maximum atomic E-state index is 14.0. The van der Waals surface area contributed by atoms with Crippen LogP contribution in [-0.2, 0) is 10.3 Å². The Hall–Kier alpha value is -1.78. The van der Waals surface area contributed by atoms with Crippen molar-refractivity contribution in [3.63, 3.8) is 0 Å². The molecule has 1 atom stereocenters. The third-order valence-corrected chi connectivity index (χ3v) is 3.94. The first kappa shape index (κ1) is 14.2. The number of halogens is 1. The Morgan fingerprint density at radius 3 is 2.71 bits per heavy atom. The number of rotatable bonds is 2. The number of ether oxygens (including phenoxy) is 1. The van der Waals surface area contributed by atoms with Crippen LogP contribution in [0.15, 0.2) is 42.5 Å². The fraction of sp³-hybridized carbons (Fsp3) is 0.235. The van der Waals surface area contributed by atoms with Gasteiger partial charge in [0, 0.05) is 22.2 Å². The molecule has 0 spiro atoms. The van der Waals surface area contributed by atoms with Crippen molar-refractivity contribution in [1.29, 1.82) is 0 Å². The van der Waals surface area contributed by atoms with E-state index in [2.05, 4.69) is 5.32 Å². The molecule has 2 nitrogen and oxygen atoms in total. The van der Waals surface area contributed by atoms with Crippen molar-refractivity contribution in [2.24, 2.45) is 0 Å². The fourth-order valence-corrected chi connectivity index (χ4v) is 2.78. The summed E-state index contributed by atoms with van der Waals surface area (Å²) in [5.41, 5.74) is 2.91. The van der Waals surface area contributed by atoms with Crippen molar-refractivity contribution < 1.29 is 9.13 Å². The Balaban J connectivity index is 2.10. The summed E-state index contributed by atoms with van der Waals surface area (Å²) in [5, 5.41) is 4.78. The Bertz CT molecular complexity index is 699. The van der Waals surface area contributed by atoms with E-state index >= 15 is 0 Å². The molecule has 0 fully saturated rings. The lowest BCUT2D eigenvalue weighted by atomic mass is 9.91. The number of anilines is 1. The number of hydrogen-bond acceptors (Lipinski definition) is 3. The van der Waals surface area contributed by atoms with Crippen LogP contribution in [0.1, 0.15) is 19.4 Å². The highest BCUT2D eigenvalue weighted by Gasteiger charge is 2.32. The van der Waals surface area contributed by atoms with E-state index < -0.39 is 5.60 Å². The van der Waals surface area contributed by atoms with Gasteiger partial charge in [0.1, 0.15) is 5.82 Å². The van der Waals surface area contributed by atoms with Crippen LogP contribution in [0.4, 0.5) is 10.1 Å². The zero-order chi connectivity index (χ0) is 15.0. The van der Waals surface area contributed by atoms with E-state index in [9.17, 15) is 4.39 Å². The third-order valence-electron chi connectivity index (χ3n) is 3.70. The molecule has 1 unspecified atom stereocenters. The highest BCUT2D eigenvalue weighted by molar-refractivity contribution is 7.79. The van der Waals surface area contributed by atoms with Gasteiger partial charge in [0.05, 0.1) is 5.60 Å². The smallest absolute Gasteiger partial charge is 0.158 e. The predicted octanol–water partition coefficient (Wildman–Crippen LogP) is 4.50. The van der Waals surface area contributed by atoms with Gasteiger partial charge in [-0.05, 0) is 37.6 Å². The summed E-state index contributed by atoms with van der Waals surface area (Å²) in [6.07, 6.45) is -0.290. The van der Waals surface area contributed by atoms with E-state index in [4.69, 9.17) is 17.0 Å². The molecule has 0 amide bonds. The van der Waals surface area contributed by atoms with Crippen molar-refractivity contribution in [2.75, 3.05) is 5.32 Å². The van der Waals surface area contributed by atoms with Gasteiger partial charge >= 0.3 is 0 Å². The van der Waals surface area contributed by atoms with Gasteiger partial charge in [-0.25, -0.2) is 4.39 Å². The first-order valence-corrected chi connectivity index (χ1v) is 7.27. The zero-order valence-electron chi connectivity index (χ0n) is 11.9. The predicted molar refractivity (Wildman–Crippen MR) is 87.0 cm³/mol. The second-order valence-corrected chi connectivity index (χ2v) is 5.84. The highest BCUT2D eigenvalue weighted by Crippen LogP contribution is 2.39. The van der Waals surface area contributed by atoms with Gasteiger partial charge in [-0.2, -0.15) is 0 Å². The SMILES string of the molecule is CC1(C)OC(C=S)Nc2ccc(-c3ccccc3F)cc21. The summed E-state index contributed by atoms with van der Waals surface area (Å²) in [4.78, 5) is 0. The van der Waals surface area contributed by atoms with E-state index in [1.807, 2.05) is 38.1 Å². The Kier molecular flexibility index (Phi) is 3.51. The minimum Gasteiger partial charge on any atom is -0.356 e. The van der Waals surface area contributed by atoms with E-state index in [-0.39, 0.29) is 12.0 Å². The first-order chi connectivity index (χ1) is 10.0. The van der Waals surface area contributed by atoms with Crippen LogP contribution in [0.25, 0.3) is 11.1 Å². The molecule has 1 N–H and O–H groups in total.